The summed E-state index contributed by atoms with van der Waals surface area (Å²) in [5.74, 6) is -1.83. The van der Waals surface area contributed by atoms with Crippen LogP contribution in [0.4, 0.5) is 13.2 Å². The lowest BCUT2D eigenvalue weighted by Crippen LogP contribution is -2.30. The first-order valence-corrected chi connectivity index (χ1v) is 8.18. The second kappa shape index (κ2) is 9.02. The van der Waals surface area contributed by atoms with Gasteiger partial charge in [-0.05, 0) is 30.4 Å². The second-order valence-electron chi connectivity index (χ2n) is 4.97. The Morgan fingerprint density at radius 2 is 1.91 bits per heavy atom. The number of carbonyl (C=O) groups is 1. The molecule has 1 aromatic carbocycles. The smallest absolute Gasteiger partial charge is 0.395 e. The number of hydrogen-bond donors (Lipinski definition) is 2. The van der Waals surface area contributed by atoms with Gasteiger partial charge in [0.15, 0.2) is 0 Å². The second-order valence-corrected chi connectivity index (χ2v) is 6.20. The number of ether oxygens (including phenoxy) is 1. The lowest BCUT2D eigenvalue weighted by Gasteiger charge is -2.22. The van der Waals surface area contributed by atoms with Gasteiger partial charge in [-0.1, -0.05) is 18.2 Å². The molecule has 23 heavy (non-hydrogen) atoms. The van der Waals surface area contributed by atoms with E-state index in [-0.39, 0.29) is 29.9 Å². The number of para-hydroxylation sites is 1. The number of methoxy groups -OCH3 is 1. The summed E-state index contributed by atoms with van der Waals surface area (Å²) in [6.45, 7) is 0. The molecule has 0 aliphatic rings. The first-order valence-electron chi connectivity index (χ1n) is 7.03. The highest BCUT2D eigenvalue weighted by Gasteiger charge is 2.41. The van der Waals surface area contributed by atoms with Crippen molar-refractivity contribution < 1.29 is 27.8 Å². The van der Waals surface area contributed by atoms with E-state index >= 15 is 0 Å². The molecule has 130 valence electrons. The van der Waals surface area contributed by atoms with Gasteiger partial charge in [0.1, 0.15) is 11.8 Å². The van der Waals surface area contributed by atoms with Crippen LogP contribution in [0.3, 0.4) is 0 Å². The molecule has 0 spiro atoms. The van der Waals surface area contributed by atoms with Crippen LogP contribution in [0.15, 0.2) is 24.3 Å². The lowest BCUT2D eigenvalue weighted by atomic mass is 9.95. The van der Waals surface area contributed by atoms with E-state index in [1.807, 2.05) is 0 Å². The summed E-state index contributed by atoms with van der Waals surface area (Å²) in [4.78, 5) is 10.6. The Morgan fingerprint density at radius 1 is 1.30 bits per heavy atom. The van der Waals surface area contributed by atoms with Crippen molar-refractivity contribution in [2.24, 2.45) is 5.73 Å². The van der Waals surface area contributed by atoms with Crippen LogP contribution < -0.4 is 10.5 Å². The lowest BCUT2D eigenvalue weighted by molar-refractivity contribution is -0.151. The predicted molar refractivity (Wildman–Crippen MR) is 84.0 cm³/mol. The van der Waals surface area contributed by atoms with Crippen molar-refractivity contribution in [1.29, 1.82) is 0 Å². The number of halogens is 3. The van der Waals surface area contributed by atoms with Crippen LogP contribution in [0.1, 0.15) is 24.3 Å². The van der Waals surface area contributed by atoms with E-state index < -0.39 is 24.1 Å². The van der Waals surface area contributed by atoms with Crippen molar-refractivity contribution in [3.8, 4) is 5.75 Å². The zero-order valence-electron chi connectivity index (χ0n) is 12.7. The Kier molecular flexibility index (Phi) is 7.70. The SMILES string of the molecule is COc1ccccc1C(CCSCCC(N)C(=O)O)C(F)(F)F. The number of rotatable bonds is 9. The molecular weight excluding hydrogens is 331 g/mol. The summed E-state index contributed by atoms with van der Waals surface area (Å²) in [5.41, 5.74) is 5.46. The first kappa shape index (κ1) is 19.6. The highest BCUT2D eigenvalue weighted by Crippen LogP contribution is 2.41. The largest absolute Gasteiger partial charge is 0.496 e. The molecule has 0 amide bonds. The molecule has 3 N–H and O–H groups in total. The zero-order chi connectivity index (χ0) is 17.5. The van der Waals surface area contributed by atoms with E-state index in [9.17, 15) is 18.0 Å². The molecule has 0 aliphatic heterocycles. The topological polar surface area (TPSA) is 72.5 Å². The zero-order valence-corrected chi connectivity index (χ0v) is 13.5. The van der Waals surface area contributed by atoms with Crippen LogP contribution in [-0.4, -0.2) is 41.9 Å². The van der Waals surface area contributed by atoms with Gasteiger partial charge < -0.3 is 15.6 Å². The minimum atomic E-state index is -4.37. The van der Waals surface area contributed by atoms with Crippen LogP contribution in [0.5, 0.6) is 5.75 Å². The maximum Gasteiger partial charge on any atom is 0.395 e. The maximum atomic E-state index is 13.3. The van der Waals surface area contributed by atoms with Crippen LogP contribution in [-0.2, 0) is 4.79 Å². The minimum absolute atomic E-state index is 0.100. The average Bonchev–Trinajstić information content (AvgIpc) is 2.49. The number of aliphatic carboxylic acids is 1. The normalized spacial score (nSPS) is 14.3. The third kappa shape index (κ3) is 6.31. The van der Waals surface area contributed by atoms with Gasteiger partial charge in [0.25, 0.3) is 0 Å². The Hall–Kier alpha value is -1.41. The van der Waals surface area contributed by atoms with Crippen molar-refractivity contribution in [2.75, 3.05) is 18.6 Å². The summed E-state index contributed by atoms with van der Waals surface area (Å²) >= 11 is 1.27. The summed E-state index contributed by atoms with van der Waals surface area (Å²) in [6, 6.07) is 5.12. The Balaban J connectivity index is 2.62. The highest BCUT2D eigenvalue weighted by atomic mass is 32.2. The number of benzene rings is 1. The summed E-state index contributed by atoms with van der Waals surface area (Å²) in [6.07, 6.45) is -4.24. The molecule has 0 fully saturated rings. The van der Waals surface area contributed by atoms with Gasteiger partial charge in [-0.25, -0.2) is 0 Å². The molecule has 1 rings (SSSR count). The fourth-order valence-electron chi connectivity index (χ4n) is 2.09. The summed E-state index contributed by atoms with van der Waals surface area (Å²) in [7, 11) is 1.34. The molecule has 0 saturated heterocycles. The Morgan fingerprint density at radius 3 is 2.48 bits per heavy atom. The summed E-state index contributed by atoms with van der Waals surface area (Å²) in [5, 5.41) is 8.64. The number of hydrogen-bond acceptors (Lipinski definition) is 4. The van der Waals surface area contributed by atoms with Crippen molar-refractivity contribution in [2.45, 2.75) is 31.0 Å². The van der Waals surface area contributed by atoms with Crippen molar-refractivity contribution in [3.63, 3.8) is 0 Å². The molecule has 1 aromatic rings. The Bertz CT molecular complexity index is 511. The minimum Gasteiger partial charge on any atom is -0.496 e. The molecule has 0 saturated carbocycles. The van der Waals surface area contributed by atoms with E-state index in [0.717, 1.165) is 0 Å². The number of alkyl halides is 3. The molecule has 0 radical (unpaired) electrons. The van der Waals surface area contributed by atoms with E-state index in [4.69, 9.17) is 15.6 Å². The van der Waals surface area contributed by atoms with Crippen LogP contribution >= 0.6 is 11.8 Å². The molecule has 0 bridgehead atoms. The van der Waals surface area contributed by atoms with Gasteiger partial charge in [0.2, 0.25) is 0 Å². The van der Waals surface area contributed by atoms with Gasteiger partial charge in [0.05, 0.1) is 13.0 Å². The third-order valence-electron chi connectivity index (χ3n) is 3.35. The highest BCUT2D eigenvalue weighted by molar-refractivity contribution is 7.99. The molecule has 4 nitrogen and oxygen atoms in total. The van der Waals surface area contributed by atoms with Crippen molar-refractivity contribution >= 4 is 17.7 Å². The number of carboxylic acid groups (broad SMARTS) is 1. The predicted octanol–water partition coefficient (Wildman–Crippen LogP) is 3.27. The van der Waals surface area contributed by atoms with Crippen LogP contribution in [0, 0.1) is 0 Å². The fourth-order valence-corrected chi connectivity index (χ4v) is 3.11. The number of nitrogens with two attached hydrogens (primary N) is 1. The van der Waals surface area contributed by atoms with Gasteiger partial charge in [0, 0.05) is 5.56 Å². The van der Waals surface area contributed by atoms with Crippen molar-refractivity contribution in [1.82, 2.24) is 0 Å². The molecule has 2 unspecified atom stereocenters. The van der Waals surface area contributed by atoms with Gasteiger partial charge in [-0.15, -0.1) is 0 Å². The van der Waals surface area contributed by atoms with E-state index in [1.54, 1.807) is 12.1 Å². The standard InChI is InChI=1S/C15H20F3NO3S/c1-22-13-5-3-2-4-10(13)11(15(16,17)18)6-8-23-9-7-12(19)14(20)21/h2-5,11-12H,6-9,19H2,1H3,(H,20,21). The molecular formula is C15H20F3NO3S. The third-order valence-corrected chi connectivity index (χ3v) is 4.40. The van der Waals surface area contributed by atoms with Gasteiger partial charge in [-0.2, -0.15) is 24.9 Å². The molecule has 0 aromatic heterocycles. The first-order chi connectivity index (χ1) is 10.8. The van der Waals surface area contributed by atoms with E-state index in [1.165, 1.54) is 31.0 Å². The van der Waals surface area contributed by atoms with Gasteiger partial charge in [-0.3, -0.25) is 4.79 Å². The number of carboxylic acids is 1. The number of thioether (sulfide) groups is 1. The van der Waals surface area contributed by atoms with Crippen LogP contribution in [0.2, 0.25) is 0 Å². The average molecular weight is 351 g/mol. The van der Waals surface area contributed by atoms with Crippen molar-refractivity contribution in [3.05, 3.63) is 29.8 Å². The quantitative estimate of drug-likeness (QED) is 0.668. The molecule has 0 aliphatic carbocycles. The van der Waals surface area contributed by atoms with Crippen LogP contribution in [0.25, 0.3) is 0 Å². The summed E-state index contributed by atoms with van der Waals surface area (Å²) < 4.78 is 44.9. The van der Waals surface area contributed by atoms with E-state index in [0.29, 0.717) is 5.75 Å². The van der Waals surface area contributed by atoms with E-state index in [2.05, 4.69) is 0 Å². The maximum absolute atomic E-state index is 13.3. The molecule has 2 atom stereocenters. The Labute approximate surface area is 137 Å². The fraction of sp³-hybridized carbons (Fsp3) is 0.533. The monoisotopic (exact) mass is 351 g/mol. The molecule has 8 heteroatoms. The molecule has 0 heterocycles. The van der Waals surface area contributed by atoms with Gasteiger partial charge >= 0.3 is 12.1 Å².